The Balaban J connectivity index is 1.27. The van der Waals surface area contributed by atoms with Crippen LogP contribution in [0.25, 0.3) is 11.3 Å². The Kier molecular flexibility index (Phi) is 5.50. The molecule has 31 heavy (non-hydrogen) atoms. The van der Waals surface area contributed by atoms with Crippen molar-refractivity contribution in [3.63, 3.8) is 0 Å². The van der Waals surface area contributed by atoms with Gasteiger partial charge in [0, 0.05) is 40.6 Å². The van der Waals surface area contributed by atoms with Gasteiger partial charge in [-0.25, -0.2) is 9.37 Å². The van der Waals surface area contributed by atoms with Crippen molar-refractivity contribution in [2.45, 2.75) is 32.6 Å². The van der Waals surface area contributed by atoms with Crippen LogP contribution in [-0.4, -0.2) is 47.0 Å². The van der Waals surface area contributed by atoms with E-state index in [2.05, 4.69) is 20.2 Å². The number of aromatic nitrogens is 2. The molecule has 2 N–H and O–H groups in total. The Bertz CT molecular complexity index is 1120. The number of amides is 1. The van der Waals surface area contributed by atoms with Crippen molar-refractivity contribution in [3.8, 4) is 17.0 Å². The fourth-order valence-corrected chi connectivity index (χ4v) is 5.31. The number of H-pyrrole nitrogens is 1. The number of halogens is 1. The lowest BCUT2D eigenvalue weighted by atomic mass is 9.96. The van der Waals surface area contributed by atoms with Crippen LogP contribution in [0.15, 0.2) is 24.4 Å². The van der Waals surface area contributed by atoms with Gasteiger partial charge in [-0.15, -0.1) is 11.3 Å². The third-order valence-corrected chi connectivity index (χ3v) is 6.93. The summed E-state index contributed by atoms with van der Waals surface area (Å²) in [5, 5.41) is 3.81. The summed E-state index contributed by atoms with van der Waals surface area (Å²) in [7, 11) is 0. The molecule has 0 bridgehead atoms. The van der Waals surface area contributed by atoms with E-state index in [1.807, 2.05) is 6.92 Å². The number of fused-ring (bicyclic) bond motifs is 3. The van der Waals surface area contributed by atoms with Crippen molar-refractivity contribution in [2.75, 3.05) is 31.6 Å². The van der Waals surface area contributed by atoms with Crippen LogP contribution in [0.1, 0.15) is 38.8 Å². The maximum absolute atomic E-state index is 14.5. The van der Waals surface area contributed by atoms with Crippen molar-refractivity contribution in [1.29, 1.82) is 0 Å². The van der Waals surface area contributed by atoms with Crippen LogP contribution in [0.3, 0.4) is 0 Å². The molecule has 5 rings (SSSR count). The number of rotatable bonds is 6. The van der Waals surface area contributed by atoms with Gasteiger partial charge in [-0.05, 0) is 57.8 Å². The summed E-state index contributed by atoms with van der Waals surface area (Å²) in [6.45, 7) is 5.40. The summed E-state index contributed by atoms with van der Waals surface area (Å²) in [5.41, 5.74) is 3.71. The van der Waals surface area contributed by atoms with E-state index in [0.29, 0.717) is 17.9 Å². The molecule has 1 aliphatic carbocycles. The number of anilines is 1. The number of carbonyl (C=O) groups is 1. The quantitative estimate of drug-likeness (QED) is 0.596. The molecule has 0 atom stereocenters. The zero-order chi connectivity index (χ0) is 21.4. The monoisotopic (exact) mass is 440 g/mol. The van der Waals surface area contributed by atoms with Crippen molar-refractivity contribution in [3.05, 3.63) is 51.4 Å². The van der Waals surface area contributed by atoms with Crippen LogP contribution in [0.4, 0.5) is 10.1 Å². The molecule has 0 radical (unpaired) electrons. The van der Waals surface area contributed by atoms with Crippen molar-refractivity contribution >= 4 is 22.9 Å². The number of ether oxygens (including phenoxy) is 1. The standard InChI is InChI=1S/C23H25FN4O2S/c1-14-26-22-20(31-14)7-5-18-21(22)16(13-25-18)23(29)27-15-4-6-19(17(24)12-15)30-11-10-28-8-2-3-9-28/h4,6,12-13,25H,2-3,5,7-11H2,1H3,(H,27,29). The number of benzene rings is 1. The van der Waals surface area contributed by atoms with Gasteiger partial charge < -0.3 is 15.0 Å². The first-order valence-corrected chi connectivity index (χ1v) is 11.5. The van der Waals surface area contributed by atoms with Crippen molar-refractivity contribution in [2.24, 2.45) is 0 Å². The molecule has 0 unspecified atom stereocenters. The molecular weight excluding hydrogens is 415 g/mol. The molecular formula is C23H25FN4O2S. The van der Waals surface area contributed by atoms with Gasteiger partial charge in [-0.3, -0.25) is 9.69 Å². The molecule has 2 aliphatic rings. The third kappa shape index (κ3) is 4.09. The Hall–Kier alpha value is -2.71. The van der Waals surface area contributed by atoms with E-state index in [1.165, 1.54) is 23.8 Å². The highest BCUT2D eigenvalue weighted by molar-refractivity contribution is 7.12. The van der Waals surface area contributed by atoms with Crippen LogP contribution in [-0.2, 0) is 12.8 Å². The molecule has 1 fully saturated rings. The molecule has 1 amide bonds. The molecule has 3 aromatic rings. The van der Waals surface area contributed by atoms with Gasteiger partial charge in [-0.1, -0.05) is 0 Å². The number of thiazole rings is 1. The maximum Gasteiger partial charge on any atom is 0.257 e. The fourth-order valence-electron chi connectivity index (χ4n) is 4.37. The topological polar surface area (TPSA) is 70.2 Å². The number of aryl methyl sites for hydroxylation is 3. The number of hydrogen-bond donors (Lipinski definition) is 2. The second-order valence-electron chi connectivity index (χ2n) is 8.06. The molecule has 2 aromatic heterocycles. The van der Waals surface area contributed by atoms with Crippen LogP contribution >= 0.6 is 11.3 Å². The Morgan fingerprint density at radius 2 is 2.16 bits per heavy atom. The number of likely N-dealkylation sites (tertiary alicyclic amines) is 1. The second kappa shape index (κ2) is 8.43. The number of carbonyl (C=O) groups excluding carboxylic acids is 1. The van der Waals surface area contributed by atoms with Crippen LogP contribution in [0.2, 0.25) is 0 Å². The van der Waals surface area contributed by atoms with E-state index >= 15 is 0 Å². The molecule has 1 saturated heterocycles. The average Bonchev–Trinajstić information content (AvgIpc) is 3.47. The highest BCUT2D eigenvalue weighted by Gasteiger charge is 2.27. The van der Waals surface area contributed by atoms with Gasteiger partial charge in [0.1, 0.15) is 6.61 Å². The van der Waals surface area contributed by atoms with Crippen molar-refractivity contribution in [1.82, 2.24) is 14.9 Å². The SMILES string of the molecule is Cc1nc2c(s1)CCc1[nH]cc(C(=O)Nc3ccc(OCCN4CCCC4)c(F)c3)c1-2. The largest absolute Gasteiger partial charge is 0.489 e. The highest BCUT2D eigenvalue weighted by atomic mass is 32.1. The molecule has 6 nitrogen and oxygen atoms in total. The first-order chi connectivity index (χ1) is 15.1. The van der Waals surface area contributed by atoms with E-state index < -0.39 is 5.82 Å². The van der Waals surface area contributed by atoms with Gasteiger partial charge in [0.2, 0.25) is 0 Å². The highest BCUT2D eigenvalue weighted by Crippen LogP contribution is 2.38. The van der Waals surface area contributed by atoms with Gasteiger partial charge in [0.15, 0.2) is 11.6 Å². The summed E-state index contributed by atoms with van der Waals surface area (Å²) >= 11 is 1.68. The summed E-state index contributed by atoms with van der Waals surface area (Å²) in [5.74, 6) is -0.551. The Morgan fingerprint density at radius 1 is 1.32 bits per heavy atom. The van der Waals surface area contributed by atoms with Gasteiger partial charge in [0.05, 0.1) is 16.3 Å². The first-order valence-electron chi connectivity index (χ1n) is 10.7. The number of aromatic amines is 1. The zero-order valence-corrected chi connectivity index (χ0v) is 18.3. The van der Waals surface area contributed by atoms with Crippen molar-refractivity contribution < 1.29 is 13.9 Å². The van der Waals surface area contributed by atoms with Crippen LogP contribution in [0, 0.1) is 12.7 Å². The Labute approximate surface area is 184 Å². The van der Waals surface area contributed by atoms with E-state index in [0.717, 1.165) is 54.4 Å². The minimum Gasteiger partial charge on any atom is -0.489 e. The minimum atomic E-state index is -0.479. The van der Waals surface area contributed by atoms with E-state index in [9.17, 15) is 9.18 Å². The summed E-state index contributed by atoms with van der Waals surface area (Å²) < 4.78 is 20.1. The number of nitrogens with one attached hydrogen (secondary N) is 2. The molecule has 8 heteroatoms. The number of hydrogen-bond acceptors (Lipinski definition) is 5. The molecule has 162 valence electrons. The summed E-state index contributed by atoms with van der Waals surface area (Å²) in [4.78, 5) is 24.3. The first kappa shape index (κ1) is 20.2. The van der Waals surface area contributed by atoms with Gasteiger partial charge >= 0.3 is 0 Å². The smallest absolute Gasteiger partial charge is 0.257 e. The predicted molar refractivity (Wildman–Crippen MR) is 120 cm³/mol. The fraction of sp³-hybridized carbons (Fsp3) is 0.391. The zero-order valence-electron chi connectivity index (χ0n) is 17.5. The summed E-state index contributed by atoms with van der Waals surface area (Å²) in [6.07, 6.45) is 5.94. The van der Waals surface area contributed by atoms with Crippen LogP contribution in [0.5, 0.6) is 5.75 Å². The molecule has 3 heterocycles. The lowest BCUT2D eigenvalue weighted by Crippen LogP contribution is -2.25. The predicted octanol–water partition coefficient (Wildman–Crippen LogP) is 4.41. The molecule has 1 aromatic carbocycles. The average molecular weight is 441 g/mol. The Morgan fingerprint density at radius 3 is 2.97 bits per heavy atom. The lowest BCUT2D eigenvalue weighted by molar-refractivity contribution is 0.102. The molecule has 0 spiro atoms. The minimum absolute atomic E-state index is 0.207. The molecule has 1 aliphatic heterocycles. The van der Waals surface area contributed by atoms with E-state index in [1.54, 1.807) is 29.7 Å². The van der Waals surface area contributed by atoms with Crippen LogP contribution < -0.4 is 10.1 Å². The normalized spacial score (nSPS) is 15.5. The van der Waals surface area contributed by atoms with E-state index in [4.69, 9.17) is 4.74 Å². The number of nitrogens with zero attached hydrogens (tertiary/aromatic N) is 2. The van der Waals surface area contributed by atoms with E-state index in [-0.39, 0.29) is 11.7 Å². The summed E-state index contributed by atoms with van der Waals surface area (Å²) in [6, 6.07) is 4.55. The maximum atomic E-state index is 14.5. The van der Waals surface area contributed by atoms with Gasteiger partial charge in [-0.2, -0.15) is 0 Å². The third-order valence-electron chi connectivity index (χ3n) is 5.90. The molecule has 0 saturated carbocycles. The van der Waals surface area contributed by atoms with Gasteiger partial charge in [0.25, 0.3) is 5.91 Å². The second-order valence-corrected chi connectivity index (χ2v) is 9.34. The lowest BCUT2D eigenvalue weighted by Gasteiger charge is -2.15.